The number of rotatable bonds is 2. The van der Waals surface area contributed by atoms with Crippen LogP contribution in [-0.2, 0) is 6.42 Å². The van der Waals surface area contributed by atoms with Crippen LogP contribution in [-0.4, -0.2) is 15.9 Å². The summed E-state index contributed by atoms with van der Waals surface area (Å²) in [6.07, 6.45) is 5.02. The number of hydrazone groups is 1. The van der Waals surface area contributed by atoms with Crippen molar-refractivity contribution in [3.63, 3.8) is 0 Å². The SMILES string of the molecule is c1ccc2c(c1)CCC/C2=N/Nc1nncc2ccccc12. The van der Waals surface area contributed by atoms with Crippen LogP contribution in [0.4, 0.5) is 5.82 Å². The lowest BCUT2D eigenvalue weighted by Crippen LogP contribution is -2.13. The molecule has 0 atom stereocenters. The fourth-order valence-corrected chi connectivity index (χ4v) is 2.95. The van der Waals surface area contributed by atoms with Crippen LogP contribution in [0.1, 0.15) is 24.0 Å². The highest BCUT2D eigenvalue weighted by Crippen LogP contribution is 2.23. The lowest BCUT2D eigenvalue weighted by atomic mass is 9.90. The number of hydrogen-bond donors (Lipinski definition) is 1. The minimum atomic E-state index is 0.702. The van der Waals surface area contributed by atoms with Crippen molar-refractivity contribution in [1.82, 2.24) is 10.2 Å². The Kier molecular flexibility index (Phi) is 3.27. The summed E-state index contributed by atoms with van der Waals surface area (Å²) in [4.78, 5) is 0. The van der Waals surface area contributed by atoms with Crippen LogP contribution in [0, 0.1) is 0 Å². The Balaban J connectivity index is 1.70. The standard InChI is InChI=1S/C18H16N4/c1-3-9-15-13(6-1)8-5-11-17(15)20-22-18-16-10-4-2-7-14(16)12-19-21-18/h1-4,6-7,9-10,12H,5,8,11H2,(H,21,22)/b20-17-. The van der Waals surface area contributed by atoms with Gasteiger partial charge < -0.3 is 0 Å². The molecule has 0 spiro atoms. The Morgan fingerprint density at radius 3 is 2.82 bits per heavy atom. The van der Waals surface area contributed by atoms with Gasteiger partial charge in [-0.25, -0.2) is 0 Å². The zero-order chi connectivity index (χ0) is 14.8. The predicted molar refractivity (Wildman–Crippen MR) is 89.1 cm³/mol. The van der Waals surface area contributed by atoms with Gasteiger partial charge in [0.05, 0.1) is 11.9 Å². The smallest absolute Gasteiger partial charge is 0.176 e. The summed E-state index contributed by atoms with van der Waals surface area (Å²) in [5.74, 6) is 0.702. The van der Waals surface area contributed by atoms with E-state index in [1.54, 1.807) is 6.20 Å². The molecule has 0 bridgehead atoms. The van der Waals surface area contributed by atoms with Gasteiger partial charge in [0, 0.05) is 16.3 Å². The summed E-state index contributed by atoms with van der Waals surface area (Å²) in [5, 5.41) is 14.9. The molecule has 0 saturated carbocycles. The minimum Gasteiger partial charge on any atom is -0.259 e. The van der Waals surface area contributed by atoms with Crippen LogP contribution in [0.5, 0.6) is 0 Å². The third-order valence-corrected chi connectivity index (χ3v) is 4.06. The first-order valence-corrected chi connectivity index (χ1v) is 7.53. The molecule has 0 amide bonds. The van der Waals surface area contributed by atoms with Crippen molar-refractivity contribution >= 4 is 22.3 Å². The van der Waals surface area contributed by atoms with E-state index in [0.29, 0.717) is 5.82 Å². The van der Waals surface area contributed by atoms with Gasteiger partial charge in [0.1, 0.15) is 0 Å². The van der Waals surface area contributed by atoms with Gasteiger partial charge in [0.25, 0.3) is 0 Å². The molecular formula is C18H16N4. The molecule has 1 aromatic heterocycles. The highest BCUT2D eigenvalue weighted by Gasteiger charge is 2.14. The number of aromatic nitrogens is 2. The first-order chi connectivity index (χ1) is 10.9. The second-order valence-corrected chi connectivity index (χ2v) is 5.46. The van der Waals surface area contributed by atoms with Gasteiger partial charge in [0.15, 0.2) is 5.82 Å². The Labute approximate surface area is 128 Å². The van der Waals surface area contributed by atoms with Gasteiger partial charge in [-0.1, -0.05) is 48.5 Å². The second-order valence-electron chi connectivity index (χ2n) is 5.46. The molecule has 1 N–H and O–H groups in total. The molecule has 0 aliphatic heterocycles. The van der Waals surface area contributed by atoms with Crippen molar-refractivity contribution in [2.24, 2.45) is 5.10 Å². The van der Waals surface area contributed by atoms with E-state index in [2.05, 4.69) is 45.0 Å². The number of anilines is 1. The summed E-state index contributed by atoms with van der Waals surface area (Å²) in [6, 6.07) is 16.5. The first-order valence-electron chi connectivity index (χ1n) is 7.53. The Bertz CT molecular complexity index is 849. The Hall–Kier alpha value is -2.75. The molecule has 4 rings (SSSR count). The van der Waals surface area contributed by atoms with Crippen molar-refractivity contribution in [3.8, 4) is 0 Å². The van der Waals surface area contributed by atoms with Gasteiger partial charge in [-0.15, -0.1) is 5.10 Å². The molecule has 2 aromatic carbocycles. The molecule has 0 unspecified atom stereocenters. The lowest BCUT2D eigenvalue weighted by Gasteiger charge is -2.17. The van der Waals surface area contributed by atoms with Crippen LogP contribution in [0.15, 0.2) is 59.8 Å². The fraction of sp³-hybridized carbons (Fsp3) is 0.167. The molecule has 108 valence electrons. The predicted octanol–water partition coefficient (Wildman–Crippen LogP) is 3.78. The van der Waals surface area contributed by atoms with E-state index < -0.39 is 0 Å². The zero-order valence-electron chi connectivity index (χ0n) is 12.2. The number of fused-ring (bicyclic) bond motifs is 2. The minimum absolute atomic E-state index is 0.702. The number of aryl methyl sites for hydroxylation is 1. The van der Waals surface area contributed by atoms with E-state index in [1.165, 1.54) is 11.1 Å². The quantitative estimate of drug-likeness (QED) is 0.730. The van der Waals surface area contributed by atoms with E-state index in [4.69, 9.17) is 0 Å². The van der Waals surface area contributed by atoms with E-state index >= 15 is 0 Å². The molecular weight excluding hydrogens is 272 g/mol. The van der Waals surface area contributed by atoms with Crippen molar-refractivity contribution in [1.29, 1.82) is 0 Å². The summed E-state index contributed by atoms with van der Waals surface area (Å²) < 4.78 is 0. The van der Waals surface area contributed by atoms with E-state index in [0.717, 1.165) is 35.7 Å². The maximum absolute atomic E-state index is 4.61. The first kappa shape index (κ1) is 13.0. The van der Waals surface area contributed by atoms with E-state index in [-0.39, 0.29) is 0 Å². The zero-order valence-corrected chi connectivity index (χ0v) is 12.2. The molecule has 4 heteroatoms. The monoisotopic (exact) mass is 288 g/mol. The van der Waals surface area contributed by atoms with Gasteiger partial charge in [-0.05, 0) is 24.8 Å². The molecule has 0 saturated heterocycles. The topological polar surface area (TPSA) is 50.2 Å². The number of nitrogens with one attached hydrogen (secondary N) is 1. The van der Waals surface area contributed by atoms with Gasteiger partial charge in [-0.3, -0.25) is 5.43 Å². The molecule has 0 radical (unpaired) electrons. The summed E-state index contributed by atoms with van der Waals surface area (Å²) >= 11 is 0. The Morgan fingerprint density at radius 1 is 0.955 bits per heavy atom. The van der Waals surface area contributed by atoms with Crippen molar-refractivity contribution in [2.75, 3.05) is 5.43 Å². The molecule has 22 heavy (non-hydrogen) atoms. The van der Waals surface area contributed by atoms with Crippen molar-refractivity contribution in [3.05, 3.63) is 65.9 Å². The highest BCUT2D eigenvalue weighted by molar-refractivity contribution is 6.03. The van der Waals surface area contributed by atoms with Crippen LogP contribution < -0.4 is 5.43 Å². The molecule has 1 aliphatic carbocycles. The number of hydrogen-bond acceptors (Lipinski definition) is 4. The number of benzene rings is 2. The molecule has 4 nitrogen and oxygen atoms in total. The second kappa shape index (κ2) is 5.56. The highest BCUT2D eigenvalue weighted by atomic mass is 15.3. The Morgan fingerprint density at radius 2 is 1.82 bits per heavy atom. The van der Waals surface area contributed by atoms with Gasteiger partial charge in [0.2, 0.25) is 0 Å². The maximum atomic E-state index is 4.61. The van der Waals surface area contributed by atoms with Gasteiger partial charge >= 0.3 is 0 Å². The molecule has 1 aliphatic rings. The lowest BCUT2D eigenvalue weighted by molar-refractivity contribution is 0.836. The summed E-state index contributed by atoms with van der Waals surface area (Å²) in [7, 11) is 0. The molecule has 3 aromatic rings. The molecule has 1 heterocycles. The number of nitrogens with zero attached hydrogens (tertiary/aromatic N) is 3. The summed E-state index contributed by atoms with van der Waals surface area (Å²) in [6.45, 7) is 0. The third-order valence-electron chi connectivity index (χ3n) is 4.06. The average molecular weight is 288 g/mol. The van der Waals surface area contributed by atoms with E-state index in [1.807, 2.05) is 24.3 Å². The third kappa shape index (κ3) is 2.33. The summed E-state index contributed by atoms with van der Waals surface area (Å²) in [5.41, 5.74) is 6.82. The van der Waals surface area contributed by atoms with E-state index in [9.17, 15) is 0 Å². The van der Waals surface area contributed by atoms with Crippen LogP contribution >= 0.6 is 0 Å². The fourth-order valence-electron chi connectivity index (χ4n) is 2.95. The maximum Gasteiger partial charge on any atom is 0.176 e. The van der Waals surface area contributed by atoms with Gasteiger partial charge in [-0.2, -0.15) is 10.2 Å². The molecule has 0 fully saturated rings. The average Bonchev–Trinajstić information content (AvgIpc) is 2.60. The van der Waals surface area contributed by atoms with Crippen molar-refractivity contribution in [2.45, 2.75) is 19.3 Å². The largest absolute Gasteiger partial charge is 0.259 e. The van der Waals surface area contributed by atoms with Crippen LogP contribution in [0.25, 0.3) is 10.8 Å². The normalized spacial score (nSPS) is 15.7. The van der Waals surface area contributed by atoms with Crippen LogP contribution in [0.3, 0.4) is 0 Å². The van der Waals surface area contributed by atoms with Crippen LogP contribution in [0.2, 0.25) is 0 Å². The van der Waals surface area contributed by atoms with Crippen molar-refractivity contribution < 1.29 is 0 Å².